The molecule has 0 aliphatic rings. The lowest BCUT2D eigenvalue weighted by atomic mass is 10.1. The van der Waals surface area contributed by atoms with Crippen LogP contribution < -0.4 is 21.5 Å². The highest BCUT2D eigenvalue weighted by Crippen LogP contribution is 2.25. The Bertz CT molecular complexity index is 1400. The minimum absolute atomic E-state index is 0.0848. The van der Waals surface area contributed by atoms with Crippen LogP contribution in [0.15, 0.2) is 47.8 Å². The highest BCUT2D eigenvalue weighted by Gasteiger charge is 2.15. The van der Waals surface area contributed by atoms with Gasteiger partial charge in [-0.2, -0.15) is 4.98 Å². The lowest BCUT2D eigenvalue weighted by Crippen LogP contribution is -2.22. The van der Waals surface area contributed by atoms with Gasteiger partial charge in [-0.3, -0.25) is 9.36 Å². The van der Waals surface area contributed by atoms with Crippen LogP contribution in [0.1, 0.15) is 5.69 Å². The molecular weight excluding hydrogens is 415 g/mol. The van der Waals surface area contributed by atoms with Gasteiger partial charge in [0.25, 0.3) is 5.56 Å². The summed E-state index contributed by atoms with van der Waals surface area (Å²) in [5.74, 6) is -0.261. The lowest BCUT2D eigenvalue weighted by Gasteiger charge is -2.12. The predicted octanol–water partition coefficient (Wildman–Crippen LogP) is 2.92. The van der Waals surface area contributed by atoms with Gasteiger partial charge in [-0.25, -0.2) is 24.1 Å². The molecule has 0 atom stereocenters. The summed E-state index contributed by atoms with van der Waals surface area (Å²) in [6, 6.07) is 5.02. The number of nitrogens with zero attached hydrogens (tertiary/aromatic N) is 5. The highest BCUT2D eigenvalue weighted by molar-refractivity contribution is 6.00. The third-order valence-corrected chi connectivity index (χ3v) is 4.86. The number of pyridine rings is 1. The van der Waals surface area contributed by atoms with Crippen molar-refractivity contribution in [2.75, 3.05) is 23.0 Å². The van der Waals surface area contributed by atoms with E-state index >= 15 is 0 Å². The van der Waals surface area contributed by atoms with Gasteiger partial charge >= 0.3 is 6.03 Å². The molecule has 0 saturated carbocycles. The van der Waals surface area contributed by atoms with Crippen molar-refractivity contribution in [3.63, 3.8) is 0 Å². The van der Waals surface area contributed by atoms with Crippen LogP contribution >= 0.6 is 0 Å². The predicted molar refractivity (Wildman–Crippen MR) is 119 cm³/mol. The van der Waals surface area contributed by atoms with Gasteiger partial charge in [-0.05, 0) is 30.7 Å². The van der Waals surface area contributed by atoms with Gasteiger partial charge in [0.1, 0.15) is 17.8 Å². The molecule has 3 heterocycles. The number of nitrogens with one attached hydrogen (secondary N) is 3. The Morgan fingerprint density at radius 2 is 1.88 bits per heavy atom. The number of urea groups is 1. The van der Waals surface area contributed by atoms with Crippen LogP contribution in [0.3, 0.4) is 0 Å². The van der Waals surface area contributed by atoms with E-state index in [4.69, 9.17) is 0 Å². The van der Waals surface area contributed by atoms with Crippen molar-refractivity contribution in [1.29, 1.82) is 0 Å². The Labute approximate surface area is 181 Å². The molecule has 4 aromatic rings. The Morgan fingerprint density at radius 1 is 1.09 bits per heavy atom. The van der Waals surface area contributed by atoms with Crippen molar-refractivity contribution in [3.05, 3.63) is 64.9 Å². The largest absolute Gasteiger partial charge is 0.357 e. The van der Waals surface area contributed by atoms with Gasteiger partial charge in [-0.15, -0.1) is 0 Å². The molecular formula is C21H19FN8O2. The van der Waals surface area contributed by atoms with Gasteiger partial charge in [-0.1, -0.05) is 6.07 Å². The second-order valence-electron chi connectivity index (χ2n) is 6.94. The second-order valence-corrected chi connectivity index (χ2v) is 6.94. The average molecular weight is 434 g/mol. The summed E-state index contributed by atoms with van der Waals surface area (Å²) in [6.45, 7) is 1.71. The Kier molecular flexibility index (Phi) is 5.46. The number of rotatable bonds is 4. The first-order valence-corrected chi connectivity index (χ1v) is 9.56. The maximum Gasteiger partial charge on any atom is 0.323 e. The summed E-state index contributed by atoms with van der Waals surface area (Å²) < 4.78 is 15.8. The summed E-state index contributed by atoms with van der Waals surface area (Å²) >= 11 is 0. The molecule has 162 valence electrons. The van der Waals surface area contributed by atoms with Crippen molar-refractivity contribution in [2.45, 2.75) is 6.92 Å². The first-order valence-electron chi connectivity index (χ1n) is 9.56. The van der Waals surface area contributed by atoms with Crippen LogP contribution in [0.25, 0.3) is 22.2 Å². The standard InChI is InChI=1S/C21H19FN8O2/c1-11-17(9-24-10-26-11)28-21(32)27-16-7-12(4-5-15(16)22)14-6-13-8-25-20(23-2)29-18(13)30(3)19(14)31/h4-10H,1-3H3,(H,23,25,29)(H2,27,28,32). The lowest BCUT2D eigenvalue weighted by molar-refractivity contribution is 0.262. The Morgan fingerprint density at radius 3 is 2.62 bits per heavy atom. The fourth-order valence-electron chi connectivity index (χ4n) is 3.15. The van der Waals surface area contributed by atoms with Gasteiger partial charge in [0.2, 0.25) is 5.95 Å². The number of halogens is 1. The van der Waals surface area contributed by atoms with Crippen LogP contribution in [0.2, 0.25) is 0 Å². The molecule has 0 unspecified atom stereocenters. The van der Waals surface area contributed by atoms with Crippen LogP contribution in [0, 0.1) is 12.7 Å². The fraction of sp³-hybridized carbons (Fsp3) is 0.143. The Hall–Kier alpha value is -4.41. The topological polar surface area (TPSA) is 127 Å². The summed E-state index contributed by atoms with van der Waals surface area (Å²) in [6.07, 6.45) is 4.39. The van der Waals surface area contributed by atoms with E-state index in [-0.39, 0.29) is 11.2 Å². The average Bonchev–Trinajstić information content (AvgIpc) is 2.79. The van der Waals surface area contributed by atoms with E-state index in [0.717, 1.165) is 0 Å². The zero-order chi connectivity index (χ0) is 22.8. The van der Waals surface area contributed by atoms with Crippen molar-refractivity contribution in [3.8, 4) is 11.1 Å². The number of fused-ring (bicyclic) bond motifs is 1. The number of hydrogen-bond acceptors (Lipinski definition) is 7. The smallest absolute Gasteiger partial charge is 0.323 e. The molecule has 0 spiro atoms. The maximum atomic E-state index is 14.4. The molecule has 0 bridgehead atoms. The number of amides is 2. The van der Waals surface area contributed by atoms with Crippen molar-refractivity contribution < 1.29 is 9.18 Å². The molecule has 0 saturated heterocycles. The molecule has 32 heavy (non-hydrogen) atoms. The molecule has 0 aliphatic heterocycles. The summed E-state index contributed by atoms with van der Waals surface area (Å²) in [5.41, 5.74) is 1.76. The maximum absolute atomic E-state index is 14.4. The normalized spacial score (nSPS) is 10.8. The number of aromatic nitrogens is 5. The monoisotopic (exact) mass is 434 g/mol. The number of carbonyl (C=O) groups excluding carboxylic acids is 1. The molecule has 4 rings (SSSR count). The first kappa shape index (κ1) is 20.8. The van der Waals surface area contributed by atoms with Gasteiger partial charge < -0.3 is 16.0 Å². The van der Waals surface area contributed by atoms with E-state index in [2.05, 4.69) is 35.9 Å². The van der Waals surface area contributed by atoms with Crippen LogP contribution in [0.5, 0.6) is 0 Å². The zero-order valence-corrected chi connectivity index (χ0v) is 17.5. The third kappa shape index (κ3) is 3.95. The van der Waals surface area contributed by atoms with Crippen molar-refractivity contribution in [1.82, 2.24) is 24.5 Å². The first-order chi connectivity index (χ1) is 15.4. The third-order valence-electron chi connectivity index (χ3n) is 4.86. The van der Waals surface area contributed by atoms with Crippen LogP contribution in [-0.2, 0) is 7.05 Å². The Balaban J connectivity index is 1.69. The molecule has 0 fully saturated rings. The highest BCUT2D eigenvalue weighted by atomic mass is 19.1. The molecule has 1 aromatic carbocycles. The zero-order valence-electron chi connectivity index (χ0n) is 17.5. The molecule has 10 nitrogen and oxygen atoms in total. The minimum atomic E-state index is -0.668. The van der Waals surface area contributed by atoms with E-state index in [1.165, 1.54) is 35.3 Å². The van der Waals surface area contributed by atoms with Crippen molar-refractivity contribution in [2.24, 2.45) is 7.05 Å². The van der Waals surface area contributed by atoms with E-state index < -0.39 is 11.8 Å². The van der Waals surface area contributed by atoms with Crippen LogP contribution in [0.4, 0.5) is 26.5 Å². The second kappa shape index (κ2) is 8.38. The molecule has 0 aliphatic carbocycles. The van der Waals surface area contributed by atoms with Gasteiger partial charge in [0.05, 0.1) is 23.3 Å². The van der Waals surface area contributed by atoms with Crippen molar-refractivity contribution >= 4 is 34.4 Å². The summed E-state index contributed by atoms with van der Waals surface area (Å²) in [5, 5.41) is 8.50. The minimum Gasteiger partial charge on any atom is -0.357 e. The number of anilines is 3. The SMILES string of the molecule is CNc1ncc2cc(-c3ccc(F)c(NC(=O)Nc4cncnc4C)c3)c(=O)n(C)c2n1. The van der Waals surface area contributed by atoms with Crippen LogP contribution in [-0.4, -0.2) is 37.6 Å². The van der Waals surface area contributed by atoms with Gasteiger partial charge in [0, 0.05) is 31.2 Å². The summed E-state index contributed by atoms with van der Waals surface area (Å²) in [7, 11) is 3.28. The molecule has 2 amide bonds. The van der Waals surface area contributed by atoms with E-state index in [0.29, 0.717) is 39.5 Å². The fourth-order valence-corrected chi connectivity index (χ4v) is 3.15. The summed E-state index contributed by atoms with van der Waals surface area (Å²) in [4.78, 5) is 41.6. The molecule has 0 radical (unpaired) electrons. The van der Waals surface area contributed by atoms with E-state index in [1.807, 2.05) is 0 Å². The number of aryl methyl sites for hydroxylation is 2. The number of carbonyl (C=O) groups is 1. The van der Waals surface area contributed by atoms with E-state index in [9.17, 15) is 14.0 Å². The molecule has 3 N–H and O–H groups in total. The van der Waals surface area contributed by atoms with Gasteiger partial charge in [0.15, 0.2) is 0 Å². The molecule has 11 heteroatoms. The quantitative estimate of drug-likeness (QED) is 0.451. The molecule has 3 aromatic heterocycles. The van der Waals surface area contributed by atoms with E-state index in [1.54, 1.807) is 33.3 Å². The number of benzene rings is 1. The number of hydrogen-bond donors (Lipinski definition) is 3.